The van der Waals surface area contributed by atoms with Crippen molar-refractivity contribution in [1.29, 1.82) is 0 Å². The van der Waals surface area contributed by atoms with E-state index in [1.807, 2.05) is 55.5 Å². The molecule has 0 aromatic heterocycles. The van der Waals surface area contributed by atoms with Crippen molar-refractivity contribution in [1.82, 2.24) is 5.32 Å². The first-order valence-electron chi connectivity index (χ1n) is 13.2. The Morgan fingerprint density at radius 1 is 1.00 bits per heavy atom. The minimum Gasteiger partial charge on any atom is -0.493 e. The molecule has 6 nitrogen and oxygen atoms in total. The van der Waals surface area contributed by atoms with Crippen LogP contribution in [0.25, 0.3) is 11.1 Å². The Morgan fingerprint density at radius 2 is 1.61 bits per heavy atom. The average Bonchev–Trinajstić information content (AvgIpc) is 3.19. The van der Waals surface area contributed by atoms with Gasteiger partial charge in [-0.1, -0.05) is 88.4 Å². The van der Waals surface area contributed by atoms with Gasteiger partial charge < -0.3 is 19.9 Å². The molecule has 3 aromatic carbocycles. The fourth-order valence-electron chi connectivity index (χ4n) is 5.14. The number of ether oxygens (including phenoxy) is 2. The number of alkyl carbamates (subject to hydrolysis) is 1. The molecule has 0 heterocycles. The van der Waals surface area contributed by atoms with Gasteiger partial charge in [0.1, 0.15) is 18.4 Å². The number of carboxylic acids is 1. The van der Waals surface area contributed by atoms with Gasteiger partial charge in [-0.3, -0.25) is 0 Å². The van der Waals surface area contributed by atoms with Crippen LogP contribution >= 0.6 is 0 Å². The van der Waals surface area contributed by atoms with Gasteiger partial charge in [-0.2, -0.15) is 0 Å². The zero-order valence-corrected chi connectivity index (χ0v) is 22.8. The summed E-state index contributed by atoms with van der Waals surface area (Å²) in [5.41, 5.74) is 7.08. The SMILES string of the molecule is CCCOc1c(C)cc(CC(NC(=O)OCC2c3ccccc3-c3ccccc32)C(=O)O)cc1C(C)(C)C. The minimum absolute atomic E-state index is 0.0934. The first-order valence-corrected chi connectivity index (χ1v) is 13.2. The van der Waals surface area contributed by atoms with E-state index in [1.54, 1.807) is 0 Å². The Kier molecular flexibility index (Phi) is 8.10. The number of hydrogen-bond acceptors (Lipinski definition) is 4. The number of fused-ring (bicyclic) bond motifs is 3. The smallest absolute Gasteiger partial charge is 0.407 e. The molecule has 2 N–H and O–H groups in total. The summed E-state index contributed by atoms with van der Waals surface area (Å²) in [5.74, 6) is -0.358. The van der Waals surface area contributed by atoms with Crippen LogP contribution in [0.1, 0.15) is 67.9 Å². The normalized spacial score (nSPS) is 13.4. The number of benzene rings is 3. The molecule has 4 rings (SSSR count). The summed E-state index contributed by atoms with van der Waals surface area (Å²) in [7, 11) is 0. The van der Waals surface area contributed by atoms with E-state index in [9.17, 15) is 14.7 Å². The summed E-state index contributed by atoms with van der Waals surface area (Å²) in [6.45, 7) is 11.1. The van der Waals surface area contributed by atoms with Crippen LogP contribution < -0.4 is 10.1 Å². The molecule has 0 spiro atoms. The molecule has 0 saturated heterocycles. The second-order valence-corrected chi connectivity index (χ2v) is 11.0. The summed E-state index contributed by atoms with van der Waals surface area (Å²) < 4.78 is 11.6. The molecule has 0 saturated carbocycles. The number of rotatable bonds is 9. The van der Waals surface area contributed by atoms with Crippen LogP contribution in [0.4, 0.5) is 4.79 Å². The molecule has 3 aromatic rings. The Bertz CT molecular complexity index is 1280. The van der Waals surface area contributed by atoms with E-state index in [0.717, 1.165) is 51.1 Å². The molecule has 6 heteroatoms. The van der Waals surface area contributed by atoms with Gasteiger partial charge in [0.25, 0.3) is 0 Å². The van der Waals surface area contributed by atoms with E-state index in [2.05, 4.69) is 45.1 Å². The number of carbonyl (C=O) groups is 2. The molecular formula is C32H37NO5. The van der Waals surface area contributed by atoms with Crippen molar-refractivity contribution in [2.75, 3.05) is 13.2 Å². The fourth-order valence-corrected chi connectivity index (χ4v) is 5.14. The third-order valence-corrected chi connectivity index (χ3v) is 6.97. The van der Waals surface area contributed by atoms with Gasteiger partial charge in [0.05, 0.1) is 6.61 Å². The van der Waals surface area contributed by atoms with E-state index >= 15 is 0 Å². The van der Waals surface area contributed by atoms with E-state index in [-0.39, 0.29) is 24.4 Å². The van der Waals surface area contributed by atoms with Gasteiger partial charge in [0.2, 0.25) is 0 Å². The third-order valence-electron chi connectivity index (χ3n) is 6.97. The number of amides is 1. The predicted octanol–water partition coefficient (Wildman–Crippen LogP) is 6.62. The summed E-state index contributed by atoms with van der Waals surface area (Å²) in [4.78, 5) is 24.9. The quantitative estimate of drug-likeness (QED) is 0.335. The van der Waals surface area contributed by atoms with Crippen molar-refractivity contribution in [3.05, 3.63) is 88.5 Å². The fraction of sp³-hybridized carbons (Fsp3) is 0.375. The lowest BCUT2D eigenvalue weighted by Crippen LogP contribution is -2.43. The van der Waals surface area contributed by atoms with Crippen molar-refractivity contribution in [2.45, 2.75) is 64.8 Å². The number of carboxylic acid groups (broad SMARTS) is 1. The molecule has 0 fully saturated rings. The highest BCUT2D eigenvalue weighted by atomic mass is 16.5. The van der Waals surface area contributed by atoms with E-state index in [4.69, 9.17) is 9.47 Å². The summed E-state index contributed by atoms with van der Waals surface area (Å²) in [6.07, 6.45) is 0.294. The highest BCUT2D eigenvalue weighted by Gasteiger charge is 2.30. The number of aliphatic carboxylic acids is 1. The van der Waals surface area contributed by atoms with Gasteiger partial charge in [-0.05, 0) is 52.1 Å². The second kappa shape index (κ2) is 11.3. The monoisotopic (exact) mass is 515 g/mol. The molecule has 0 radical (unpaired) electrons. The largest absolute Gasteiger partial charge is 0.493 e. The molecule has 1 atom stereocenters. The second-order valence-electron chi connectivity index (χ2n) is 11.0. The number of carbonyl (C=O) groups excluding carboxylic acids is 1. The highest BCUT2D eigenvalue weighted by molar-refractivity contribution is 5.81. The lowest BCUT2D eigenvalue weighted by atomic mass is 9.83. The number of nitrogens with one attached hydrogen (secondary N) is 1. The maximum Gasteiger partial charge on any atom is 0.407 e. The zero-order chi connectivity index (χ0) is 27.4. The van der Waals surface area contributed by atoms with Crippen LogP contribution in [0.3, 0.4) is 0 Å². The lowest BCUT2D eigenvalue weighted by molar-refractivity contribution is -0.139. The Morgan fingerprint density at radius 3 is 2.16 bits per heavy atom. The lowest BCUT2D eigenvalue weighted by Gasteiger charge is -2.26. The van der Waals surface area contributed by atoms with Gasteiger partial charge in [-0.15, -0.1) is 0 Å². The minimum atomic E-state index is -1.12. The Balaban J connectivity index is 1.47. The van der Waals surface area contributed by atoms with Crippen molar-refractivity contribution in [3.63, 3.8) is 0 Å². The van der Waals surface area contributed by atoms with Crippen molar-refractivity contribution < 1.29 is 24.2 Å². The van der Waals surface area contributed by atoms with E-state index in [0.29, 0.717) is 6.61 Å². The van der Waals surface area contributed by atoms with Crippen LogP contribution in [-0.4, -0.2) is 36.4 Å². The molecule has 1 aliphatic carbocycles. The summed E-state index contributed by atoms with van der Waals surface area (Å²) in [6, 6.07) is 19.0. The highest BCUT2D eigenvalue weighted by Crippen LogP contribution is 2.44. The van der Waals surface area contributed by atoms with Crippen LogP contribution in [0.2, 0.25) is 0 Å². The molecule has 200 valence electrons. The van der Waals surface area contributed by atoms with Crippen molar-refractivity contribution >= 4 is 12.1 Å². The Labute approximate surface area is 225 Å². The van der Waals surface area contributed by atoms with Crippen LogP contribution in [-0.2, 0) is 21.4 Å². The van der Waals surface area contributed by atoms with Crippen LogP contribution in [0, 0.1) is 6.92 Å². The van der Waals surface area contributed by atoms with Crippen LogP contribution in [0.15, 0.2) is 60.7 Å². The zero-order valence-electron chi connectivity index (χ0n) is 22.8. The molecule has 1 amide bonds. The predicted molar refractivity (Wildman–Crippen MR) is 149 cm³/mol. The molecular weight excluding hydrogens is 478 g/mol. The summed E-state index contributed by atoms with van der Waals surface area (Å²) >= 11 is 0. The van der Waals surface area contributed by atoms with Crippen molar-refractivity contribution in [2.24, 2.45) is 0 Å². The maximum atomic E-state index is 12.8. The van der Waals surface area contributed by atoms with Crippen molar-refractivity contribution in [3.8, 4) is 16.9 Å². The molecule has 1 aliphatic rings. The summed E-state index contributed by atoms with van der Waals surface area (Å²) in [5, 5.41) is 12.5. The number of aryl methyl sites for hydroxylation is 1. The van der Waals surface area contributed by atoms with Gasteiger partial charge in [0.15, 0.2) is 0 Å². The van der Waals surface area contributed by atoms with Crippen LogP contribution in [0.5, 0.6) is 5.75 Å². The first kappa shape index (κ1) is 27.2. The molecule has 0 aliphatic heterocycles. The standard InChI is InChI=1S/C32H37NO5/c1-6-15-37-29-20(2)16-21(17-27(29)32(3,4)5)18-28(30(34)35)33-31(36)38-19-26-24-13-9-7-11-22(24)23-12-8-10-14-25(23)26/h7-14,16-17,26,28H,6,15,18-19H2,1-5H3,(H,33,36)(H,34,35). The number of hydrogen-bond donors (Lipinski definition) is 2. The van der Waals surface area contributed by atoms with Gasteiger partial charge >= 0.3 is 12.1 Å². The third kappa shape index (κ3) is 5.85. The van der Waals surface area contributed by atoms with Gasteiger partial charge in [-0.25, -0.2) is 9.59 Å². The average molecular weight is 516 g/mol. The maximum absolute atomic E-state index is 12.8. The van der Waals surface area contributed by atoms with E-state index < -0.39 is 18.1 Å². The molecule has 0 bridgehead atoms. The first-order chi connectivity index (χ1) is 18.1. The Hall–Kier alpha value is -3.80. The molecule has 1 unspecified atom stereocenters. The molecule has 38 heavy (non-hydrogen) atoms. The van der Waals surface area contributed by atoms with E-state index in [1.165, 1.54) is 0 Å². The topological polar surface area (TPSA) is 84.9 Å². The van der Waals surface area contributed by atoms with Gasteiger partial charge in [0, 0.05) is 17.9 Å².